The zero-order valence-electron chi connectivity index (χ0n) is 15.1. The number of halogens is 2. The van der Waals surface area contributed by atoms with Crippen LogP contribution >= 0.6 is 27.5 Å². The normalized spacial score (nSPS) is 14.6. The Morgan fingerprint density at radius 2 is 1.92 bits per heavy atom. The standard InChI is InChI=1S/C21H25BrClNO2/c1-2-25-20-12-15(13-24-17-8-4-5-9-17)11-18(22)21(20)26-14-16-7-3-6-10-19(16)23/h3,6-7,10-12,17,24H,2,4-5,8-9,13-14H2,1H3. The van der Waals surface area contributed by atoms with Gasteiger partial charge in [-0.3, -0.25) is 0 Å². The molecule has 0 aliphatic heterocycles. The van der Waals surface area contributed by atoms with Gasteiger partial charge in [-0.05, 0) is 59.5 Å². The van der Waals surface area contributed by atoms with E-state index in [1.165, 1.54) is 31.2 Å². The van der Waals surface area contributed by atoms with Crippen LogP contribution in [0.4, 0.5) is 0 Å². The minimum Gasteiger partial charge on any atom is -0.490 e. The molecule has 1 N–H and O–H groups in total. The van der Waals surface area contributed by atoms with Gasteiger partial charge in [0.25, 0.3) is 0 Å². The van der Waals surface area contributed by atoms with Crippen LogP contribution in [0.15, 0.2) is 40.9 Å². The Balaban J connectivity index is 1.72. The molecule has 1 aliphatic carbocycles. The highest BCUT2D eigenvalue weighted by Crippen LogP contribution is 2.38. The summed E-state index contributed by atoms with van der Waals surface area (Å²) in [5, 5.41) is 4.35. The second-order valence-corrected chi connectivity index (χ2v) is 7.84. The molecule has 0 amide bonds. The molecule has 26 heavy (non-hydrogen) atoms. The molecule has 0 bridgehead atoms. The van der Waals surface area contributed by atoms with Gasteiger partial charge in [0, 0.05) is 23.2 Å². The maximum Gasteiger partial charge on any atom is 0.175 e. The molecule has 1 fully saturated rings. The topological polar surface area (TPSA) is 30.5 Å². The monoisotopic (exact) mass is 437 g/mol. The Morgan fingerprint density at radius 3 is 2.65 bits per heavy atom. The number of nitrogens with one attached hydrogen (secondary N) is 1. The number of hydrogen-bond acceptors (Lipinski definition) is 3. The number of rotatable bonds is 8. The third-order valence-electron chi connectivity index (χ3n) is 4.65. The van der Waals surface area contributed by atoms with Gasteiger partial charge < -0.3 is 14.8 Å². The van der Waals surface area contributed by atoms with E-state index in [1.54, 1.807) is 0 Å². The maximum atomic E-state index is 6.23. The van der Waals surface area contributed by atoms with Gasteiger partial charge in [-0.2, -0.15) is 0 Å². The smallest absolute Gasteiger partial charge is 0.175 e. The molecule has 0 heterocycles. The largest absolute Gasteiger partial charge is 0.490 e. The van der Waals surface area contributed by atoms with E-state index in [2.05, 4.69) is 33.4 Å². The fourth-order valence-corrected chi connectivity index (χ4v) is 4.08. The summed E-state index contributed by atoms with van der Waals surface area (Å²) >= 11 is 9.88. The van der Waals surface area contributed by atoms with Gasteiger partial charge in [-0.1, -0.05) is 42.6 Å². The first-order valence-corrected chi connectivity index (χ1v) is 10.4. The van der Waals surface area contributed by atoms with Crippen molar-refractivity contribution in [3.8, 4) is 11.5 Å². The molecule has 3 rings (SSSR count). The summed E-state index contributed by atoms with van der Waals surface area (Å²) in [6, 6.07) is 12.5. The highest BCUT2D eigenvalue weighted by molar-refractivity contribution is 9.10. The summed E-state index contributed by atoms with van der Waals surface area (Å²) in [7, 11) is 0. The molecule has 0 spiro atoms. The van der Waals surface area contributed by atoms with E-state index in [0.29, 0.717) is 24.3 Å². The van der Waals surface area contributed by atoms with E-state index in [-0.39, 0.29) is 0 Å². The minimum atomic E-state index is 0.401. The van der Waals surface area contributed by atoms with Crippen molar-refractivity contribution >= 4 is 27.5 Å². The number of benzene rings is 2. The highest BCUT2D eigenvalue weighted by Gasteiger charge is 2.16. The predicted molar refractivity (Wildman–Crippen MR) is 110 cm³/mol. The quantitative estimate of drug-likeness (QED) is 0.539. The number of hydrogen-bond donors (Lipinski definition) is 1. The SMILES string of the molecule is CCOc1cc(CNC2CCCC2)cc(Br)c1OCc1ccccc1Cl. The third kappa shape index (κ3) is 5.15. The Labute approximate surface area is 169 Å². The van der Waals surface area contributed by atoms with Crippen molar-refractivity contribution in [2.24, 2.45) is 0 Å². The average Bonchev–Trinajstić information content (AvgIpc) is 3.14. The summed E-state index contributed by atoms with van der Waals surface area (Å²) in [6.07, 6.45) is 5.22. The summed E-state index contributed by atoms with van der Waals surface area (Å²) in [6.45, 7) is 3.82. The van der Waals surface area contributed by atoms with Crippen LogP contribution in [0.1, 0.15) is 43.7 Å². The second-order valence-electron chi connectivity index (χ2n) is 6.58. The molecular weight excluding hydrogens is 414 g/mol. The first kappa shape index (κ1) is 19.5. The molecule has 0 saturated heterocycles. The van der Waals surface area contributed by atoms with Crippen molar-refractivity contribution < 1.29 is 9.47 Å². The fourth-order valence-electron chi connectivity index (χ4n) is 3.28. The van der Waals surface area contributed by atoms with Gasteiger partial charge in [-0.15, -0.1) is 0 Å². The van der Waals surface area contributed by atoms with Gasteiger partial charge >= 0.3 is 0 Å². The first-order chi connectivity index (χ1) is 12.7. The Bertz CT molecular complexity index is 732. The summed E-state index contributed by atoms with van der Waals surface area (Å²) in [4.78, 5) is 0. The molecule has 2 aromatic rings. The minimum absolute atomic E-state index is 0.401. The van der Waals surface area contributed by atoms with Crippen LogP contribution in [-0.4, -0.2) is 12.6 Å². The molecule has 0 radical (unpaired) electrons. The van der Waals surface area contributed by atoms with E-state index in [9.17, 15) is 0 Å². The molecule has 0 atom stereocenters. The summed E-state index contributed by atoms with van der Waals surface area (Å²) in [5.41, 5.74) is 2.15. The van der Waals surface area contributed by atoms with Gasteiger partial charge in [0.05, 0.1) is 11.1 Å². The summed E-state index contributed by atoms with van der Waals surface area (Å²) < 4.78 is 12.8. The molecule has 3 nitrogen and oxygen atoms in total. The molecule has 1 aliphatic rings. The van der Waals surface area contributed by atoms with Gasteiger partial charge in [0.15, 0.2) is 11.5 Å². The Hall–Kier alpha value is -1.23. The van der Waals surface area contributed by atoms with Crippen LogP contribution in [0.5, 0.6) is 11.5 Å². The Morgan fingerprint density at radius 1 is 1.15 bits per heavy atom. The molecule has 0 aromatic heterocycles. The Kier molecular flexibility index (Phi) is 7.23. The van der Waals surface area contributed by atoms with Gasteiger partial charge in [-0.25, -0.2) is 0 Å². The zero-order valence-corrected chi connectivity index (χ0v) is 17.4. The summed E-state index contributed by atoms with van der Waals surface area (Å²) in [5.74, 6) is 1.48. The lowest BCUT2D eigenvalue weighted by Crippen LogP contribution is -2.25. The van der Waals surface area contributed by atoms with E-state index in [1.807, 2.05) is 31.2 Å². The van der Waals surface area contributed by atoms with Crippen LogP contribution < -0.4 is 14.8 Å². The fraction of sp³-hybridized carbons (Fsp3) is 0.429. The molecule has 0 unspecified atom stereocenters. The molecular formula is C21H25BrClNO2. The molecule has 5 heteroatoms. The third-order valence-corrected chi connectivity index (χ3v) is 5.61. The van der Waals surface area contributed by atoms with Crippen LogP contribution in [0, 0.1) is 0 Å². The van der Waals surface area contributed by atoms with Crippen molar-refractivity contribution in [2.45, 2.75) is 51.8 Å². The van der Waals surface area contributed by atoms with E-state index in [0.717, 1.165) is 28.1 Å². The second kappa shape index (κ2) is 9.63. The van der Waals surface area contributed by atoms with E-state index in [4.69, 9.17) is 21.1 Å². The highest BCUT2D eigenvalue weighted by atomic mass is 79.9. The van der Waals surface area contributed by atoms with E-state index < -0.39 is 0 Å². The number of ether oxygens (including phenoxy) is 2. The predicted octanol–water partition coefficient (Wildman–Crippen LogP) is 6.11. The molecule has 140 valence electrons. The van der Waals surface area contributed by atoms with Crippen molar-refractivity contribution in [3.05, 3.63) is 57.0 Å². The van der Waals surface area contributed by atoms with Crippen molar-refractivity contribution in [2.75, 3.05) is 6.61 Å². The van der Waals surface area contributed by atoms with Crippen LogP contribution in [0.2, 0.25) is 5.02 Å². The van der Waals surface area contributed by atoms with Crippen molar-refractivity contribution in [1.82, 2.24) is 5.32 Å². The van der Waals surface area contributed by atoms with Crippen LogP contribution in [0.25, 0.3) is 0 Å². The zero-order chi connectivity index (χ0) is 18.4. The van der Waals surface area contributed by atoms with Crippen molar-refractivity contribution in [3.63, 3.8) is 0 Å². The lowest BCUT2D eigenvalue weighted by molar-refractivity contribution is 0.267. The van der Waals surface area contributed by atoms with Crippen LogP contribution in [-0.2, 0) is 13.2 Å². The lowest BCUT2D eigenvalue weighted by atomic mass is 10.1. The van der Waals surface area contributed by atoms with Gasteiger partial charge in [0.2, 0.25) is 0 Å². The molecule has 2 aromatic carbocycles. The van der Waals surface area contributed by atoms with Crippen molar-refractivity contribution in [1.29, 1.82) is 0 Å². The van der Waals surface area contributed by atoms with Crippen LogP contribution in [0.3, 0.4) is 0 Å². The van der Waals surface area contributed by atoms with E-state index >= 15 is 0 Å². The maximum absolute atomic E-state index is 6.23. The lowest BCUT2D eigenvalue weighted by Gasteiger charge is -2.17. The first-order valence-electron chi connectivity index (χ1n) is 9.22. The average molecular weight is 439 g/mol. The molecule has 1 saturated carbocycles. The van der Waals surface area contributed by atoms with Gasteiger partial charge in [0.1, 0.15) is 6.61 Å².